The summed E-state index contributed by atoms with van der Waals surface area (Å²) in [6.45, 7) is 2.06. The molecule has 0 aliphatic carbocycles. The molecule has 2 unspecified atom stereocenters. The molecule has 1 aliphatic heterocycles. The lowest BCUT2D eigenvalue weighted by Crippen LogP contribution is -2.43. The van der Waals surface area contributed by atoms with E-state index in [-0.39, 0.29) is 11.8 Å². The van der Waals surface area contributed by atoms with Crippen molar-refractivity contribution in [1.82, 2.24) is 4.90 Å². The summed E-state index contributed by atoms with van der Waals surface area (Å²) >= 11 is 3.50. The highest BCUT2D eigenvalue weighted by atomic mass is 32.2. The van der Waals surface area contributed by atoms with E-state index in [0.717, 1.165) is 17.4 Å². The maximum atomic E-state index is 11.3. The minimum atomic E-state index is -0.866. The van der Waals surface area contributed by atoms with Crippen LogP contribution < -0.4 is 0 Å². The molecule has 1 fully saturated rings. The van der Waals surface area contributed by atoms with Crippen LogP contribution in [-0.2, 0) is 9.59 Å². The van der Waals surface area contributed by atoms with Crippen molar-refractivity contribution in [2.24, 2.45) is 0 Å². The molecule has 0 saturated carbocycles. The Bertz CT molecular complexity index is 301. The first-order valence-electron chi connectivity index (χ1n) is 5.96. The number of aliphatic carboxylic acids is 2. The standard InChI is InChI=1S/C11H19NO4S2/c1-2-18-9-6-17-7-12(9)8(11(15)16)4-3-5-10(13)14/h8-9H,2-7H2,1H3,(H,13,14)(H,15,16). The lowest BCUT2D eigenvalue weighted by atomic mass is 10.1. The Labute approximate surface area is 115 Å². The zero-order chi connectivity index (χ0) is 13.5. The molecule has 0 aromatic heterocycles. The molecular weight excluding hydrogens is 274 g/mol. The van der Waals surface area contributed by atoms with Gasteiger partial charge in [0, 0.05) is 18.1 Å². The average Bonchev–Trinajstić information content (AvgIpc) is 2.72. The third kappa shape index (κ3) is 4.70. The van der Waals surface area contributed by atoms with Gasteiger partial charge < -0.3 is 10.2 Å². The number of hydrogen-bond acceptors (Lipinski definition) is 5. The van der Waals surface area contributed by atoms with Gasteiger partial charge in [-0.05, 0) is 18.6 Å². The largest absolute Gasteiger partial charge is 0.481 e. The van der Waals surface area contributed by atoms with Gasteiger partial charge in [-0.15, -0.1) is 23.5 Å². The molecule has 2 N–H and O–H groups in total. The summed E-state index contributed by atoms with van der Waals surface area (Å²) < 4.78 is 0. The first kappa shape index (κ1) is 15.7. The van der Waals surface area contributed by atoms with Crippen molar-refractivity contribution in [2.45, 2.75) is 37.6 Å². The van der Waals surface area contributed by atoms with Crippen LogP contribution in [0.15, 0.2) is 0 Å². The molecule has 0 radical (unpaired) electrons. The molecule has 0 aromatic rings. The predicted molar refractivity (Wildman–Crippen MR) is 74.0 cm³/mol. The predicted octanol–water partition coefficient (Wildman–Crippen LogP) is 1.78. The second-order valence-corrected chi connectivity index (χ2v) is 6.52. The lowest BCUT2D eigenvalue weighted by molar-refractivity contribution is -0.144. The Morgan fingerprint density at radius 3 is 2.78 bits per heavy atom. The fourth-order valence-electron chi connectivity index (χ4n) is 1.94. The second kappa shape index (κ2) is 7.91. The van der Waals surface area contributed by atoms with Crippen molar-refractivity contribution in [3.63, 3.8) is 0 Å². The average molecular weight is 293 g/mol. The van der Waals surface area contributed by atoms with Crippen LogP contribution in [0.5, 0.6) is 0 Å². The van der Waals surface area contributed by atoms with Crippen LogP contribution in [-0.4, -0.2) is 55.8 Å². The van der Waals surface area contributed by atoms with Crippen molar-refractivity contribution >= 4 is 35.5 Å². The van der Waals surface area contributed by atoms with E-state index in [2.05, 4.69) is 6.92 Å². The highest BCUT2D eigenvalue weighted by Crippen LogP contribution is 2.32. The maximum Gasteiger partial charge on any atom is 0.320 e. The van der Waals surface area contributed by atoms with Gasteiger partial charge in [0.25, 0.3) is 0 Å². The quantitative estimate of drug-likeness (QED) is 0.706. The van der Waals surface area contributed by atoms with Crippen LogP contribution in [0, 0.1) is 0 Å². The van der Waals surface area contributed by atoms with Crippen LogP contribution >= 0.6 is 23.5 Å². The first-order valence-corrected chi connectivity index (χ1v) is 8.16. The Hall–Kier alpha value is -0.400. The number of rotatable bonds is 8. The minimum absolute atomic E-state index is 0.0380. The number of hydrogen-bond donors (Lipinski definition) is 2. The summed E-state index contributed by atoms with van der Waals surface area (Å²) in [4.78, 5) is 23.8. The molecule has 7 heteroatoms. The van der Waals surface area contributed by atoms with Crippen molar-refractivity contribution in [3.8, 4) is 0 Å². The van der Waals surface area contributed by atoms with Crippen molar-refractivity contribution in [2.75, 3.05) is 17.4 Å². The van der Waals surface area contributed by atoms with Crippen LogP contribution in [0.4, 0.5) is 0 Å². The number of carbonyl (C=O) groups is 2. The van der Waals surface area contributed by atoms with Gasteiger partial charge in [0.2, 0.25) is 0 Å². The molecule has 1 rings (SSSR count). The molecule has 2 atom stereocenters. The van der Waals surface area contributed by atoms with E-state index in [1.165, 1.54) is 0 Å². The third-order valence-electron chi connectivity index (χ3n) is 2.78. The fourth-order valence-corrected chi connectivity index (χ4v) is 4.58. The molecule has 1 heterocycles. The Balaban J connectivity index is 2.54. The number of thioether (sulfide) groups is 2. The monoisotopic (exact) mass is 293 g/mol. The van der Waals surface area contributed by atoms with Gasteiger partial charge in [-0.1, -0.05) is 6.92 Å². The van der Waals surface area contributed by atoms with Gasteiger partial charge in [0.1, 0.15) is 6.04 Å². The summed E-state index contributed by atoms with van der Waals surface area (Å²) in [5, 5.41) is 18.1. The molecule has 0 amide bonds. The van der Waals surface area contributed by atoms with Gasteiger partial charge in [-0.3, -0.25) is 14.5 Å². The Kier molecular flexibility index (Phi) is 6.88. The summed E-state index contributed by atoms with van der Waals surface area (Å²) in [6.07, 6.45) is 0.857. The highest BCUT2D eigenvalue weighted by Gasteiger charge is 2.34. The summed E-state index contributed by atoms with van der Waals surface area (Å²) in [5.74, 6) is 0.922. The van der Waals surface area contributed by atoms with Gasteiger partial charge in [-0.25, -0.2) is 0 Å². The topological polar surface area (TPSA) is 77.8 Å². The SMILES string of the molecule is CCSC1CSCN1C(CCCC(=O)O)C(=O)O. The van der Waals surface area contributed by atoms with Crippen molar-refractivity contribution in [1.29, 1.82) is 0 Å². The number of nitrogens with zero attached hydrogens (tertiary/aromatic N) is 1. The third-order valence-corrected chi connectivity index (χ3v) is 5.18. The second-order valence-electron chi connectivity index (χ2n) is 4.06. The van der Waals surface area contributed by atoms with Crippen LogP contribution in [0.25, 0.3) is 0 Å². The summed E-state index contributed by atoms with van der Waals surface area (Å²) in [6, 6.07) is -0.552. The molecule has 1 aliphatic rings. The van der Waals surface area contributed by atoms with Gasteiger partial charge in [0.15, 0.2) is 0 Å². The molecule has 1 saturated heterocycles. The zero-order valence-electron chi connectivity index (χ0n) is 10.4. The summed E-state index contributed by atoms with van der Waals surface area (Å²) in [7, 11) is 0. The van der Waals surface area contributed by atoms with Crippen LogP contribution in [0.2, 0.25) is 0 Å². The Morgan fingerprint density at radius 2 is 2.22 bits per heavy atom. The molecule has 0 aromatic carbocycles. The van der Waals surface area contributed by atoms with Crippen LogP contribution in [0.1, 0.15) is 26.2 Å². The van der Waals surface area contributed by atoms with Crippen LogP contribution in [0.3, 0.4) is 0 Å². The van der Waals surface area contributed by atoms with E-state index in [1.807, 2.05) is 4.90 Å². The highest BCUT2D eigenvalue weighted by molar-refractivity contribution is 8.04. The zero-order valence-corrected chi connectivity index (χ0v) is 12.0. The van der Waals surface area contributed by atoms with E-state index in [4.69, 9.17) is 5.11 Å². The van der Waals surface area contributed by atoms with Gasteiger partial charge >= 0.3 is 11.9 Å². The first-order chi connectivity index (χ1) is 8.56. The van der Waals surface area contributed by atoms with E-state index >= 15 is 0 Å². The number of carboxylic acid groups (broad SMARTS) is 2. The Morgan fingerprint density at radius 1 is 1.50 bits per heavy atom. The van der Waals surface area contributed by atoms with E-state index < -0.39 is 18.0 Å². The minimum Gasteiger partial charge on any atom is -0.481 e. The van der Waals surface area contributed by atoms with Crippen molar-refractivity contribution in [3.05, 3.63) is 0 Å². The summed E-state index contributed by atoms with van der Waals surface area (Å²) in [5.41, 5.74) is 0. The smallest absolute Gasteiger partial charge is 0.320 e. The van der Waals surface area contributed by atoms with Gasteiger partial charge in [-0.2, -0.15) is 0 Å². The van der Waals surface area contributed by atoms with Crippen molar-refractivity contribution < 1.29 is 19.8 Å². The van der Waals surface area contributed by atoms with E-state index in [9.17, 15) is 14.7 Å². The van der Waals surface area contributed by atoms with E-state index in [0.29, 0.717) is 12.8 Å². The fraction of sp³-hybridized carbons (Fsp3) is 0.818. The normalized spacial score (nSPS) is 21.9. The number of carboxylic acids is 2. The maximum absolute atomic E-state index is 11.3. The molecule has 104 valence electrons. The van der Waals surface area contributed by atoms with E-state index in [1.54, 1.807) is 23.5 Å². The molecule has 0 spiro atoms. The molecule has 5 nitrogen and oxygen atoms in total. The molecule has 0 bridgehead atoms. The van der Waals surface area contributed by atoms with Gasteiger partial charge in [0.05, 0.1) is 5.37 Å². The molecule has 18 heavy (non-hydrogen) atoms. The molecular formula is C11H19NO4S2. The lowest BCUT2D eigenvalue weighted by Gasteiger charge is -2.28.